The van der Waals surface area contributed by atoms with Crippen molar-refractivity contribution in [1.29, 1.82) is 0 Å². The first-order chi connectivity index (χ1) is 13.5. The van der Waals surface area contributed by atoms with Crippen LogP contribution >= 0.6 is 0 Å². The van der Waals surface area contributed by atoms with Crippen LogP contribution in [0.3, 0.4) is 0 Å². The van der Waals surface area contributed by atoms with Gasteiger partial charge < -0.3 is 19.9 Å². The lowest BCUT2D eigenvalue weighted by molar-refractivity contribution is -0.129. The molecule has 7 heteroatoms. The molecule has 0 unspecified atom stereocenters. The second-order valence-electron chi connectivity index (χ2n) is 6.54. The summed E-state index contributed by atoms with van der Waals surface area (Å²) in [6, 6.07) is 14.0. The van der Waals surface area contributed by atoms with Gasteiger partial charge in [0.2, 0.25) is 5.91 Å². The maximum absolute atomic E-state index is 12.6. The van der Waals surface area contributed by atoms with Gasteiger partial charge in [-0.3, -0.25) is 9.59 Å². The highest BCUT2D eigenvalue weighted by Crippen LogP contribution is 2.29. The highest BCUT2D eigenvalue weighted by molar-refractivity contribution is 6.06. The molecule has 0 radical (unpaired) electrons. The summed E-state index contributed by atoms with van der Waals surface area (Å²) in [5.41, 5.74) is 2.23. The van der Waals surface area contributed by atoms with Crippen molar-refractivity contribution in [2.24, 2.45) is 0 Å². The predicted octanol–water partition coefficient (Wildman–Crippen LogP) is 2.39. The number of anilines is 2. The molecule has 0 atom stereocenters. The molecule has 1 saturated heterocycles. The number of carbonyl (C=O) groups excluding carboxylic acids is 3. The van der Waals surface area contributed by atoms with Crippen LogP contribution in [-0.4, -0.2) is 56.0 Å². The summed E-state index contributed by atoms with van der Waals surface area (Å²) >= 11 is 0. The standard InChI is InChI=1S/C21H23N3O4/c1-15(25)23-10-12-24(13-11-23)19-9-8-17(21(27)28-2)14-18(19)22-20(26)16-6-4-3-5-7-16/h3-9,14H,10-13H2,1-2H3,(H,22,26). The highest BCUT2D eigenvalue weighted by atomic mass is 16.5. The number of rotatable bonds is 4. The van der Waals surface area contributed by atoms with E-state index in [4.69, 9.17) is 4.74 Å². The summed E-state index contributed by atoms with van der Waals surface area (Å²) < 4.78 is 4.80. The number of methoxy groups -OCH3 is 1. The molecule has 1 aliphatic rings. The van der Waals surface area contributed by atoms with Gasteiger partial charge in [0.1, 0.15) is 0 Å². The van der Waals surface area contributed by atoms with Crippen LogP contribution in [0.15, 0.2) is 48.5 Å². The molecule has 1 N–H and O–H groups in total. The maximum atomic E-state index is 12.6. The van der Waals surface area contributed by atoms with Crippen LogP contribution in [0.2, 0.25) is 0 Å². The second kappa shape index (κ2) is 8.56. The lowest BCUT2D eigenvalue weighted by Crippen LogP contribution is -2.48. The van der Waals surface area contributed by atoms with Gasteiger partial charge >= 0.3 is 5.97 Å². The molecule has 2 aromatic carbocycles. The Kier molecular flexibility index (Phi) is 5.93. The number of hydrogen-bond donors (Lipinski definition) is 1. The number of esters is 1. The van der Waals surface area contributed by atoms with Gasteiger partial charge in [-0.05, 0) is 30.3 Å². The van der Waals surface area contributed by atoms with Crippen LogP contribution < -0.4 is 10.2 Å². The molecule has 1 heterocycles. The predicted molar refractivity (Wildman–Crippen MR) is 107 cm³/mol. The van der Waals surface area contributed by atoms with E-state index in [1.165, 1.54) is 7.11 Å². The molecule has 0 aliphatic carbocycles. The van der Waals surface area contributed by atoms with Crippen LogP contribution in [0.5, 0.6) is 0 Å². The van der Waals surface area contributed by atoms with Gasteiger partial charge in [0.25, 0.3) is 5.91 Å². The summed E-state index contributed by atoms with van der Waals surface area (Å²) in [6.45, 7) is 4.07. The number of hydrogen-bond acceptors (Lipinski definition) is 5. The number of ether oxygens (including phenoxy) is 1. The van der Waals surface area contributed by atoms with Crippen LogP contribution in [0, 0.1) is 0 Å². The van der Waals surface area contributed by atoms with Gasteiger partial charge in [-0.1, -0.05) is 18.2 Å². The molecule has 7 nitrogen and oxygen atoms in total. The number of benzene rings is 2. The Balaban J connectivity index is 1.88. The average Bonchev–Trinajstić information content (AvgIpc) is 2.73. The third-order valence-electron chi connectivity index (χ3n) is 4.77. The molecule has 2 amide bonds. The molecule has 0 bridgehead atoms. The van der Waals surface area contributed by atoms with Gasteiger partial charge in [0.05, 0.1) is 24.0 Å². The molecule has 0 aromatic heterocycles. The minimum Gasteiger partial charge on any atom is -0.465 e. The third kappa shape index (κ3) is 4.31. The summed E-state index contributed by atoms with van der Waals surface area (Å²) in [5.74, 6) is -0.673. The number of amides is 2. The van der Waals surface area contributed by atoms with E-state index in [0.717, 1.165) is 5.69 Å². The van der Waals surface area contributed by atoms with Crippen molar-refractivity contribution in [2.75, 3.05) is 43.5 Å². The summed E-state index contributed by atoms with van der Waals surface area (Å²) in [4.78, 5) is 40.0. The quantitative estimate of drug-likeness (QED) is 0.823. The third-order valence-corrected chi connectivity index (χ3v) is 4.77. The van der Waals surface area contributed by atoms with E-state index in [-0.39, 0.29) is 11.8 Å². The molecule has 0 spiro atoms. The van der Waals surface area contributed by atoms with Crippen LogP contribution in [0.1, 0.15) is 27.6 Å². The van der Waals surface area contributed by atoms with Crippen molar-refractivity contribution in [1.82, 2.24) is 4.90 Å². The molecule has 146 valence electrons. The maximum Gasteiger partial charge on any atom is 0.337 e. The van der Waals surface area contributed by atoms with E-state index in [1.807, 2.05) is 6.07 Å². The molecular formula is C21H23N3O4. The summed E-state index contributed by atoms with van der Waals surface area (Å²) in [6.07, 6.45) is 0. The summed E-state index contributed by atoms with van der Waals surface area (Å²) in [7, 11) is 1.32. The number of nitrogens with one attached hydrogen (secondary N) is 1. The Morgan fingerprint density at radius 3 is 2.21 bits per heavy atom. The van der Waals surface area contributed by atoms with E-state index in [2.05, 4.69) is 10.2 Å². The van der Waals surface area contributed by atoms with E-state index in [1.54, 1.807) is 54.3 Å². The van der Waals surface area contributed by atoms with Gasteiger partial charge in [0, 0.05) is 38.7 Å². The van der Waals surface area contributed by atoms with Crippen LogP contribution in [0.4, 0.5) is 11.4 Å². The van der Waals surface area contributed by atoms with Crippen LogP contribution in [0.25, 0.3) is 0 Å². The fourth-order valence-electron chi connectivity index (χ4n) is 3.20. The Hall–Kier alpha value is -3.35. The van der Waals surface area contributed by atoms with Crippen molar-refractivity contribution >= 4 is 29.2 Å². The highest BCUT2D eigenvalue weighted by Gasteiger charge is 2.22. The Bertz CT molecular complexity index is 874. The Morgan fingerprint density at radius 2 is 1.61 bits per heavy atom. The smallest absolute Gasteiger partial charge is 0.337 e. The zero-order valence-electron chi connectivity index (χ0n) is 16.0. The minimum atomic E-state index is -0.469. The van der Waals surface area contributed by atoms with Gasteiger partial charge in [-0.25, -0.2) is 4.79 Å². The Labute approximate surface area is 163 Å². The minimum absolute atomic E-state index is 0.0540. The topological polar surface area (TPSA) is 79.0 Å². The zero-order chi connectivity index (χ0) is 20.1. The normalized spacial score (nSPS) is 13.8. The molecule has 2 aromatic rings. The zero-order valence-corrected chi connectivity index (χ0v) is 16.0. The first-order valence-corrected chi connectivity index (χ1v) is 9.09. The SMILES string of the molecule is COC(=O)c1ccc(N2CCN(C(C)=O)CC2)c(NC(=O)c2ccccc2)c1. The van der Waals surface area contributed by atoms with Crippen molar-refractivity contribution in [3.8, 4) is 0 Å². The number of nitrogens with zero attached hydrogens (tertiary/aromatic N) is 2. The van der Waals surface area contributed by atoms with E-state index >= 15 is 0 Å². The summed E-state index contributed by atoms with van der Waals surface area (Å²) in [5, 5.41) is 2.91. The first kappa shape index (κ1) is 19.4. The van der Waals surface area contributed by atoms with Crippen molar-refractivity contribution in [3.05, 3.63) is 59.7 Å². The lowest BCUT2D eigenvalue weighted by Gasteiger charge is -2.36. The molecule has 3 rings (SSSR count). The van der Waals surface area contributed by atoms with Crippen LogP contribution in [-0.2, 0) is 9.53 Å². The number of piperazine rings is 1. The van der Waals surface area contributed by atoms with Crippen molar-refractivity contribution in [3.63, 3.8) is 0 Å². The average molecular weight is 381 g/mol. The van der Waals surface area contributed by atoms with E-state index < -0.39 is 5.97 Å². The Morgan fingerprint density at radius 1 is 0.929 bits per heavy atom. The van der Waals surface area contributed by atoms with E-state index in [0.29, 0.717) is 43.0 Å². The first-order valence-electron chi connectivity index (χ1n) is 9.09. The fraction of sp³-hybridized carbons (Fsp3) is 0.286. The molecule has 28 heavy (non-hydrogen) atoms. The van der Waals surface area contributed by atoms with E-state index in [9.17, 15) is 14.4 Å². The second-order valence-corrected chi connectivity index (χ2v) is 6.54. The molecule has 0 saturated carbocycles. The molecule has 1 fully saturated rings. The van der Waals surface area contributed by atoms with Crippen molar-refractivity contribution < 1.29 is 19.1 Å². The largest absolute Gasteiger partial charge is 0.465 e. The fourth-order valence-corrected chi connectivity index (χ4v) is 3.20. The number of carbonyl (C=O) groups is 3. The van der Waals surface area contributed by atoms with Crippen molar-refractivity contribution in [2.45, 2.75) is 6.92 Å². The molecular weight excluding hydrogens is 358 g/mol. The van der Waals surface area contributed by atoms with Gasteiger partial charge in [0.15, 0.2) is 0 Å². The lowest BCUT2D eigenvalue weighted by atomic mass is 10.1. The van der Waals surface area contributed by atoms with Gasteiger partial charge in [-0.15, -0.1) is 0 Å². The van der Waals surface area contributed by atoms with Gasteiger partial charge in [-0.2, -0.15) is 0 Å². The molecule has 1 aliphatic heterocycles. The monoisotopic (exact) mass is 381 g/mol.